The van der Waals surface area contributed by atoms with Crippen molar-refractivity contribution < 1.29 is 0 Å². The molecule has 0 aliphatic heterocycles. The van der Waals surface area contributed by atoms with Crippen molar-refractivity contribution in [2.45, 2.75) is 76.4 Å². The summed E-state index contributed by atoms with van der Waals surface area (Å²) in [5, 5.41) is 13.1. The highest BCUT2D eigenvalue weighted by Crippen LogP contribution is 2.35. The van der Waals surface area contributed by atoms with Crippen molar-refractivity contribution in [3.8, 4) is 6.07 Å². The summed E-state index contributed by atoms with van der Waals surface area (Å²) < 4.78 is 0. The number of hydrogen-bond acceptors (Lipinski definition) is 3. The summed E-state index contributed by atoms with van der Waals surface area (Å²) in [4.78, 5) is 2.48. The molecule has 2 rings (SSSR count). The summed E-state index contributed by atoms with van der Waals surface area (Å²) >= 11 is 0. The smallest absolute Gasteiger partial charge is 0.106 e. The molecule has 19 heavy (non-hydrogen) atoms. The van der Waals surface area contributed by atoms with Gasteiger partial charge in [-0.05, 0) is 71.4 Å². The van der Waals surface area contributed by atoms with Crippen LogP contribution in [0.1, 0.15) is 58.8 Å². The molecule has 108 valence electrons. The minimum Gasteiger partial charge on any atom is -0.303 e. The lowest BCUT2D eigenvalue weighted by molar-refractivity contribution is 0.220. The fraction of sp³-hybridized carbons (Fsp3) is 0.938. The van der Waals surface area contributed by atoms with E-state index in [0.717, 1.165) is 37.8 Å². The van der Waals surface area contributed by atoms with E-state index >= 15 is 0 Å². The van der Waals surface area contributed by atoms with Crippen LogP contribution in [0.25, 0.3) is 0 Å². The fourth-order valence-corrected chi connectivity index (χ4v) is 2.91. The molecule has 0 amide bonds. The second kappa shape index (κ2) is 6.24. The zero-order chi connectivity index (χ0) is 13.9. The monoisotopic (exact) mass is 263 g/mol. The molecule has 0 saturated heterocycles. The summed E-state index contributed by atoms with van der Waals surface area (Å²) in [7, 11) is 2.23. The number of hydrogen-bond donors (Lipinski definition) is 1. The van der Waals surface area contributed by atoms with Crippen LogP contribution in [-0.4, -0.2) is 36.1 Å². The van der Waals surface area contributed by atoms with E-state index in [4.69, 9.17) is 0 Å². The third-order valence-electron chi connectivity index (χ3n) is 4.99. The van der Waals surface area contributed by atoms with Gasteiger partial charge in [-0.15, -0.1) is 0 Å². The molecule has 2 unspecified atom stereocenters. The van der Waals surface area contributed by atoms with Crippen molar-refractivity contribution in [1.29, 1.82) is 5.26 Å². The quantitative estimate of drug-likeness (QED) is 0.695. The lowest BCUT2D eigenvalue weighted by atomic mass is 9.91. The Labute approximate surface area is 118 Å². The van der Waals surface area contributed by atoms with Gasteiger partial charge in [-0.1, -0.05) is 6.92 Å². The molecule has 3 heteroatoms. The third-order valence-corrected chi connectivity index (χ3v) is 4.99. The molecule has 2 aliphatic carbocycles. The Hall–Kier alpha value is -0.590. The van der Waals surface area contributed by atoms with Crippen molar-refractivity contribution in [1.82, 2.24) is 10.2 Å². The first-order valence-electron chi connectivity index (χ1n) is 7.99. The zero-order valence-corrected chi connectivity index (χ0v) is 12.8. The van der Waals surface area contributed by atoms with E-state index in [-0.39, 0.29) is 5.54 Å². The number of nitriles is 1. The van der Waals surface area contributed by atoms with E-state index in [0.29, 0.717) is 6.04 Å². The summed E-state index contributed by atoms with van der Waals surface area (Å²) in [5.41, 5.74) is -0.273. The van der Waals surface area contributed by atoms with Crippen molar-refractivity contribution in [2.24, 2.45) is 5.92 Å². The molecule has 2 saturated carbocycles. The molecular weight excluding hydrogens is 234 g/mol. The van der Waals surface area contributed by atoms with Gasteiger partial charge in [0.25, 0.3) is 0 Å². The number of nitrogens with zero attached hydrogens (tertiary/aromatic N) is 2. The minimum atomic E-state index is -0.273. The van der Waals surface area contributed by atoms with Crippen molar-refractivity contribution >= 4 is 0 Å². The van der Waals surface area contributed by atoms with Crippen LogP contribution in [0.5, 0.6) is 0 Å². The van der Waals surface area contributed by atoms with E-state index in [1.807, 2.05) is 0 Å². The van der Waals surface area contributed by atoms with Crippen LogP contribution in [0.4, 0.5) is 0 Å². The van der Waals surface area contributed by atoms with Gasteiger partial charge in [0.1, 0.15) is 5.54 Å². The first kappa shape index (κ1) is 14.8. The molecule has 0 spiro atoms. The van der Waals surface area contributed by atoms with E-state index in [2.05, 4.69) is 37.2 Å². The fourth-order valence-electron chi connectivity index (χ4n) is 2.91. The first-order valence-corrected chi connectivity index (χ1v) is 7.99. The van der Waals surface area contributed by atoms with Crippen molar-refractivity contribution in [2.75, 3.05) is 13.6 Å². The molecule has 1 N–H and O–H groups in total. The van der Waals surface area contributed by atoms with Crippen LogP contribution in [0, 0.1) is 17.2 Å². The van der Waals surface area contributed by atoms with Crippen LogP contribution < -0.4 is 5.32 Å². The van der Waals surface area contributed by atoms with E-state index in [1.54, 1.807) is 0 Å². The lowest BCUT2D eigenvalue weighted by Gasteiger charge is -2.29. The Morgan fingerprint density at radius 3 is 2.53 bits per heavy atom. The second-order valence-electron chi connectivity index (χ2n) is 6.63. The molecule has 0 heterocycles. The Balaban J connectivity index is 1.73. The van der Waals surface area contributed by atoms with Crippen LogP contribution in [-0.2, 0) is 0 Å². The Bertz CT molecular complexity index is 327. The standard InChI is InChI=1S/C16H29N3/c1-4-16(12-17,18-15-8-9-15)10-5-11-19(3)13(2)14-6-7-14/h13-15,18H,4-11H2,1-3H3. The van der Waals surface area contributed by atoms with Gasteiger partial charge in [0.2, 0.25) is 0 Å². The summed E-state index contributed by atoms with van der Waals surface area (Å²) in [6, 6.07) is 3.88. The maximum Gasteiger partial charge on any atom is 0.106 e. The first-order chi connectivity index (χ1) is 9.10. The largest absolute Gasteiger partial charge is 0.303 e. The van der Waals surface area contributed by atoms with Crippen LogP contribution >= 0.6 is 0 Å². The number of rotatable bonds is 9. The molecule has 2 fully saturated rings. The van der Waals surface area contributed by atoms with Crippen LogP contribution in [0.15, 0.2) is 0 Å². The third kappa shape index (κ3) is 4.19. The molecule has 0 aromatic rings. The summed E-state index contributed by atoms with van der Waals surface area (Å²) in [5.74, 6) is 0.932. The zero-order valence-electron chi connectivity index (χ0n) is 12.8. The predicted molar refractivity (Wildman–Crippen MR) is 78.8 cm³/mol. The van der Waals surface area contributed by atoms with Gasteiger partial charge in [0.15, 0.2) is 0 Å². The number of nitrogens with one attached hydrogen (secondary N) is 1. The molecule has 3 nitrogen and oxygen atoms in total. The topological polar surface area (TPSA) is 39.1 Å². The van der Waals surface area contributed by atoms with Gasteiger partial charge in [-0.3, -0.25) is 5.32 Å². The van der Waals surface area contributed by atoms with Crippen LogP contribution in [0.2, 0.25) is 0 Å². The average molecular weight is 263 g/mol. The van der Waals surface area contributed by atoms with Gasteiger partial charge in [0.05, 0.1) is 6.07 Å². The molecule has 0 bridgehead atoms. The van der Waals surface area contributed by atoms with Crippen molar-refractivity contribution in [3.05, 3.63) is 0 Å². The minimum absolute atomic E-state index is 0.273. The summed E-state index contributed by atoms with van der Waals surface area (Å²) in [6.45, 7) is 5.60. The second-order valence-corrected chi connectivity index (χ2v) is 6.63. The highest BCUT2D eigenvalue weighted by atomic mass is 15.1. The highest BCUT2D eigenvalue weighted by Gasteiger charge is 2.35. The SMILES string of the molecule is CCC(C#N)(CCCN(C)C(C)C1CC1)NC1CC1. The molecule has 0 radical (unpaired) electrons. The maximum absolute atomic E-state index is 9.50. The summed E-state index contributed by atoms with van der Waals surface area (Å²) in [6.07, 6.45) is 8.34. The van der Waals surface area contributed by atoms with Gasteiger partial charge >= 0.3 is 0 Å². The normalized spacial score (nSPS) is 23.9. The van der Waals surface area contributed by atoms with Crippen molar-refractivity contribution in [3.63, 3.8) is 0 Å². The Kier molecular flexibility index (Phi) is 4.86. The lowest BCUT2D eigenvalue weighted by Crippen LogP contribution is -2.45. The van der Waals surface area contributed by atoms with Gasteiger partial charge < -0.3 is 4.90 Å². The van der Waals surface area contributed by atoms with Gasteiger partial charge in [-0.25, -0.2) is 0 Å². The molecule has 2 aliphatic rings. The molecule has 0 aromatic heterocycles. The average Bonchev–Trinajstić information content (AvgIpc) is 3.29. The predicted octanol–water partition coefficient (Wildman–Crippen LogP) is 2.92. The maximum atomic E-state index is 9.50. The molecular formula is C16H29N3. The van der Waals surface area contributed by atoms with E-state index in [9.17, 15) is 5.26 Å². The van der Waals surface area contributed by atoms with Gasteiger partial charge in [0, 0.05) is 12.1 Å². The van der Waals surface area contributed by atoms with E-state index < -0.39 is 0 Å². The molecule has 0 aromatic carbocycles. The van der Waals surface area contributed by atoms with Crippen LogP contribution in [0.3, 0.4) is 0 Å². The Morgan fingerprint density at radius 2 is 2.05 bits per heavy atom. The van der Waals surface area contributed by atoms with Gasteiger partial charge in [-0.2, -0.15) is 5.26 Å². The highest BCUT2D eigenvalue weighted by molar-refractivity contribution is 5.09. The Morgan fingerprint density at radius 1 is 1.37 bits per heavy atom. The molecule has 2 atom stereocenters. The van der Waals surface area contributed by atoms with E-state index in [1.165, 1.54) is 25.7 Å².